The highest BCUT2D eigenvalue weighted by molar-refractivity contribution is 8.14. The smallest absolute Gasteiger partial charge is 0.410 e. The molecule has 1 aromatic carbocycles. The Labute approximate surface area is 163 Å². The fourth-order valence-corrected chi connectivity index (χ4v) is 4.27. The molecule has 2 atom stereocenters. The van der Waals surface area contributed by atoms with E-state index < -0.39 is 0 Å². The molecule has 1 aromatic heterocycles. The Bertz CT molecular complexity index is 783. The average Bonchev–Trinajstić information content (AvgIpc) is 3.09. The summed E-state index contributed by atoms with van der Waals surface area (Å²) in [5.74, 6) is 0. The van der Waals surface area contributed by atoms with Crippen LogP contribution in [0.15, 0.2) is 67.4 Å². The van der Waals surface area contributed by atoms with Crippen molar-refractivity contribution >= 4 is 23.0 Å². The lowest BCUT2D eigenvalue weighted by Gasteiger charge is -2.23. The molecule has 0 N–H and O–H groups in total. The van der Waals surface area contributed by atoms with Crippen molar-refractivity contribution in [3.8, 4) is 0 Å². The van der Waals surface area contributed by atoms with E-state index in [1.54, 1.807) is 17.2 Å². The van der Waals surface area contributed by atoms with Crippen LogP contribution >= 0.6 is 11.8 Å². The van der Waals surface area contributed by atoms with Gasteiger partial charge in [0.25, 0.3) is 0 Å². The van der Waals surface area contributed by atoms with Crippen molar-refractivity contribution in [2.45, 2.75) is 24.1 Å². The lowest BCUT2D eigenvalue weighted by atomic mass is 10.1. The first-order valence-electron chi connectivity index (χ1n) is 8.87. The third kappa shape index (κ3) is 5.20. The number of amides is 1. The van der Waals surface area contributed by atoms with E-state index in [1.807, 2.05) is 48.5 Å². The zero-order valence-corrected chi connectivity index (χ0v) is 15.8. The Morgan fingerprint density at radius 2 is 2.00 bits per heavy atom. The molecule has 0 saturated carbocycles. The molecule has 0 bridgehead atoms. The Morgan fingerprint density at radius 3 is 2.70 bits per heavy atom. The second-order valence-electron chi connectivity index (χ2n) is 6.33. The summed E-state index contributed by atoms with van der Waals surface area (Å²) in [4.78, 5) is 31.0. The van der Waals surface area contributed by atoms with E-state index in [9.17, 15) is 9.59 Å². The highest BCUT2D eigenvalue weighted by Gasteiger charge is 2.37. The monoisotopic (exact) mass is 382 g/mol. The van der Waals surface area contributed by atoms with Crippen molar-refractivity contribution < 1.29 is 14.3 Å². The van der Waals surface area contributed by atoms with Crippen molar-refractivity contribution in [3.05, 3.63) is 78.6 Å². The molecule has 2 heterocycles. The molecule has 5 nitrogen and oxygen atoms in total. The molecule has 1 aliphatic rings. The quantitative estimate of drug-likeness (QED) is 0.708. The van der Waals surface area contributed by atoms with Crippen LogP contribution in [-0.4, -0.2) is 45.5 Å². The second kappa shape index (κ2) is 9.37. The number of carbonyl (C=O) groups is 2. The van der Waals surface area contributed by atoms with Crippen LogP contribution in [-0.2, 0) is 11.2 Å². The van der Waals surface area contributed by atoms with Crippen LogP contribution in [0, 0.1) is 0 Å². The molecule has 1 fully saturated rings. The number of hydrogen-bond acceptors (Lipinski definition) is 5. The number of thioether (sulfide) groups is 1. The number of carbonyl (C=O) groups excluding carboxylic acids is 2. The lowest BCUT2D eigenvalue weighted by molar-refractivity contribution is 0.107. The molecule has 140 valence electrons. The summed E-state index contributed by atoms with van der Waals surface area (Å²) in [6.45, 7) is 4.24. The third-order valence-corrected chi connectivity index (χ3v) is 5.51. The van der Waals surface area contributed by atoms with Gasteiger partial charge >= 0.3 is 6.09 Å². The van der Waals surface area contributed by atoms with Crippen LogP contribution in [0.3, 0.4) is 0 Å². The molecule has 0 aliphatic carbocycles. The minimum Gasteiger partial charge on any atom is -0.445 e. The van der Waals surface area contributed by atoms with Gasteiger partial charge < -0.3 is 9.64 Å². The zero-order chi connectivity index (χ0) is 19.1. The van der Waals surface area contributed by atoms with Crippen molar-refractivity contribution in [3.63, 3.8) is 0 Å². The minimum absolute atomic E-state index is 0.0264. The standard InChI is InChI=1S/C21H22N2O3S/c1-2-12-26-21(25)23-15-19(27-20(24)16-8-4-3-5-9-16)14-18(23)13-17-10-6-7-11-22-17/h2-11,18-19H,1,12-15H2. The topological polar surface area (TPSA) is 59.5 Å². The van der Waals surface area contributed by atoms with Gasteiger partial charge in [-0.2, -0.15) is 0 Å². The summed E-state index contributed by atoms with van der Waals surface area (Å²) in [6.07, 6.45) is 4.29. The summed E-state index contributed by atoms with van der Waals surface area (Å²) in [5.41, 5.74) is 1.60. The van der Waals surface area contributed by atoms with Gasteiger partial charge in [0.1, 0.15) is 6.61 Å². The maximum absolute atomic E-state index is 12.5. The van der Waals surface area contributed by atoms with Gasteiger partial charge in [0.2, 0.25) is 5.12 Å². The molecule has 1 amide bonds. The fourth-order valence-electron chi connectivity index (χ4n) is 3.14. The third-order valence-electron chi connectivity index (χ3n) is 4.39. The zero-order valence-electron chi connectivity index (χ0n) is 15.0. The first kappa shape index (κ1) is 19.2. The van der Waals surface area contributed by atoms with Crippen molar-refractivity contribution in [2.24, 2.45) is 0 Å². The van der Waals surface area contributed by atoms with Gasteiger partial charge in [-0.15, -0.1) is 0 Å². The van der Waals surface area contributed by atoms with Crippen LogP contribution in [0.4, 0.5) is 4.79 Å². The molecule has 1 aliphatic heterocycles. The Balaban J connectivity index is 1.69. The van der Waals surface area contributed by atoms with Crippen LogP contribution in [0.5, 0.6) is 0 Å². The number of ether oxygens (including phenoxy) is 1. The molecule has 2 unspecified atom stereocenters. The van der Waals surface area contributed by atoms with Crippen LogP contribution in [0.1, 0.15) is 22.5 Å². The van der Waals surface area contributed by atoms with Gasteiger partial charge in [0, 0.05) is 41.7 Å². The highest BCUT2D eigenvalue weighted by Crippen LogP contribution is 2.31. The first-order chi connectivity index (χ1) is 13.2. The number of benzene rings is 1. The van der Waals surface area contributed by atoms with E-state index in [0.717, 1.165) is 12.1 Å². The fraction of sp³-hybridized carbons (Fsp3) is 0.286. The molecule has 3 rings (SSSR count). The van der Waals surface area contributed by atoms with Gasteiger partial charge in [0.15, 0.2) is 0 Å². The molecule has 27 heavy (non-hydrogen) atoms. The van der Waals surface area contributed by atoms with Crippen molar-refractivity contribution in [1.29, 1.82) is 0 Å². The summed E-state index contributed by atoms with van der Waals surface area (Å²) < 4.78 is 5.24. The number of aromatic nitrogens is 1. The molecule has 0 radical (unpaired) electrons. The number of nitrogens with zero attached hydrogens (tertiary/aromatic N) is 2. The molecule has 2 aromatic rings. The van der Waals surface area contributed by atoms with Crippen molar-refractivity contribution in [2.75, 3.05) is 13.2 Å². The largest absolute Gasteiger partial charge is 0.445 e. The van der Waals surface area contributed by atoms with Crippen molar-refractivity contribution in [1.82, 2.24) is 9.88 Å². The van der Waals surface area contributed by atoms with E-state index in [1.165, 1.54) is 11.8 Å². The molecule has 0 spiro atoms. The summed E-state index contributed by atoms with van der Waals surface area (Å²) >= 11 is 1.29. The van der Waals surface area contributed by atoms with Crippen LogP contribution in [0.25, 0.3) is 0 Å². The highest BCUT2D eigenvalue weighted by atomic mass is 32.2. The molecular formula is C21H22N2O3S. The normalized spacial score (nSPS) is 18.9. The average molecular weight is 382 g/mol. The Hall–Kier alpha value is -2.60. The molecular weight excluding hydrogens is 360 g/mol. The Morgan fingerprint density at radius 1 is 1.22 bits per heavy atom. The van der Waals surface area contributed by atoms with Gasteiger partial charge in [-0.1, -0.05) is 60.8 Å². The number of likely N-dealkylation sites (tertiary alicyclic amines) is 1. The van der Waals surface area contributed by atoms with E-state index in [4.69, 9.17) is 4.74 Å². The van der Waals surface area contributed by atoms with Crippen LogP contribution in [0.2, 0.25) is 0 Å². The first-order valence-corrected chi connectivity index (χ1v) is 9.75. The Kier molecular flexibility index (Phi) is 6.65. The van der Waals surface area contributed by atoms with E-state index in [-0.39, 0.29) is 29.1 Å². The molecule has 1 saturated heterocycles. The number of pyridine rings is 1. The van der Waals surface area contributed by atoms with Gasteiger partial charge in [-0.3, -0.25) is 9.78 Å². The predicted octanol–water partition coefficient (Wildman–Crippen LogP) is 3.96. The second-order valence-corrected chi connectivity index (χ2v) is 7.60. The maximum Gasteiger partial charge on any atom is 0.410 e. The summed E-state index contributed by atoms with van der Waals surface area (Å²) in [5, 5.41) is 0.0567. The van der Waals surface area contributed by atoms with E-state index in [2.05, 4.69) is 11.6 Å². The van der Waals surface area contributed by atoms with Gasteiger partial charge in [-0.25, -0.2) is 4.79 Å². The van der Waals surface area contributed by atoms with Crippen LogP contribution < -0.4 is 0 Å². The molecule has 6 heteroatoms. The lowest BCUT2D eigenvalue weighted by Crippen LogP contribution is -2.37. The summed E-state index contributed by atoms with van der Waals surface area (Å²) in [6, 6.07) is 14.9. The maximum atomic E-state index is 12.5. The van der Waals surface area contributed by atoms with Gasteiger partial charge in [0.05, 0.1) is 0 Å². The number of hydrogen-bond donors (Lipinski definition) is 0. The van der Waals surface area contributed by atoms with E-state index in [0.29, 0.717) is 18.5 Å². The van der Waals surface area contributed by atoms with Gasteiger partial charge in [-0.05, 0) is 18.6 Å². The minimum atomic E-state index is -0.369. The van der Waals surface area contributed by atoms with E-state index >= 15 is 0 Å². The summed E-state index contributed by atoms with van der Waals surface area (Å²) in [7, 11) is 0. The SMILES string of the molecule is C=CCOC(=O)N1CC(SC(=O)c2ccccc2)CC1Cc1ccccn1. The predicted molar refractivity (Wildman–Crippen MR) is 107 cm³/mol. The number of rotatable bonds is 6.